The molecule has 0 bridgehead atoms. The van der Waals surface area contributed by atoms with E-state index >= 15 is 0 Å². The number of thioether (sulfide) groups is 1. The van der Waals surface area contributed by atoms with E-state index in [0.717, 1.165) is 35.4 Å². The highest BCUT2D eigenvalue weighted by atomic mass is 32.2. The van der Waals surface area contributed by atoms with Crippen LogP contribution in [-0.4, -0.2) is 39.1 Å². The SMILES string of the molecule is COc1ccc(-c2nnc(SCC(=O)N[C@](C)(C#N)C3CC3)n2-c2ccccc2C(C)C)cc1. The average Bonchev–Trinajstić information content (AvgIpc) is 3.63. The fourth-order valence-electron chi connectivity index (χ4n) is 4.02. The van der Waals surface area contributed by atoms with Gasteiger partial charge in [0, 0.05) is 5.56 Å². The highest BCUT2D eigenvalue weighted by molar-refractivity contribution is 7.99. The lowest BCUT2D eigenvalue weighted by atomic mass is 9.98. The van der Waals surface area contributed by atoms with Crippen LogP contribution >= 0.6 is 11.8 Å². The summed E-state index contributed by atoms with van der Waals surface area (Å²) in [7, 11) is 1.64. The molecule has 8 heteroatoms. The van der Waals surface area contributed by atoms with Gasteiger partial charge < -0.3 is 10.1 Å². The minimum absolute atomic E-state index is 0.147. The lowest BCUT2D eigenvalue weighted by Crippen LogP contribution is -2.47. The van der Waals surface area contributed by atoms with Crippen molar-refractivity contribution in [3.05, 3.63) is 54.1 Å². The first kappa shape index (κ1) is 23.8. The van der Waals surface area contributed by atoms with Crippen LogP contribution in [0.4, 0.5) is 0 Å². The molecule has 1 fully saturated rings. The largest absolute Gasteiger partial charge is 0.497 e. The van der Waals surface area contributed by atoms with Gasteiger partial charge in [-0.05, 0) is 67.5 Å². The number of para-hydroxylation sites is 1. The fraction of sp³-hybridized carbons (Fsp3) is 0.385. The Hall–Kier alpha value is -3.31. The van der Waals surface area contributed by atoms with E-state index in [1.807, 2.05) is 41.0 Å². The minimum atomic E-state index is -0.816. The second-order valence-electron chi connectivity index (χ2n) is 9.01. The van der Waals surface area contributed by atoms with Gasteiger partial charge in [0.2, 0.25) is 5.91 Å². The lowest BCUT2D eigenvalue weighted by molar-refractivity contribution is -0.119. The molecule has 0 radical (unpaired) electrons. The summed E-state index contributed by atoms with van der Waals surface area (Å²) in [5, 5.41) is 22.1. The van der Waals surface area contributed by atoms with Gasteiger partial charge in [0.25, 0.3) is 0 Å². The van der Waals surface area contributed by atoms with Gasteiger partial charge in [-0.25, -0.2) is 0 Å². The molecule has 1 saturated carbocycles. The van der Waals surface area contributed by atoms with Crippen LogP contribution < -0.4 is 10.1 Å². The summed E-state index contributed by atoms with van der Waals surface area (Å²) in [6, 6.07) is 18.1. The van der Waals surface area contributed by atoms with E-state index in [-0.39, 0.29) is 17.6 Å². The zero-order chi connectivity index (χ0) is 24.3. The van der Waals surface area contributed by atoms with Crippen LogP contribution in [0.25, 0.3) is 17.1 Å². The first-order valence-corrected chi connectivity index (χ1v) is 12.4. The zero-order valence-corrected chi connectivity index (χ0v) is 20.7. The molecule has 0 spiro atoms. The summed E-state index contributed by atoms with van der Waals surface area (Å²) < 4.78 is 7.31. The third-order valence-corrected chi connectivity index (χ3v) is 7.07. The summed E-state index contributed by atoms with van der Waals surface area (Å²) >= 11 is 1.32. The number of nitrogens with one attached hydrogen (secondary N) is 1. The quantitative estimate of drug-likeness (QED) is 0.440. The van der Waals surface area contributed by atoms with Gasteiger partial charge in [-0.15, -0.1) is 10.2 Å². The van der Waals surface area contributed by atoms with Crippen molar-refractivity contribution in [2.24, 2.45) is 5.92 Å². The van der Waals surface area contributed by atoms with Gasteiger partial charge >= 0.3 is 0 Å². The number of amides is 1. The predicted molar refractivity (Wildman–Crippen MR) is 133 cm³/mol. The Bertz CT molecular complexity index is 1210. The smallest absolute Gasteiger partial charge is 0.231 e. The van der Waals surface area contributed by atoms with Gasteiger partial charge in [-0.3, -0.25) is 9.36 Å². The number of hydrogen-bond acceptors (Lipinski definition) is 6. The summed E-state index contributed by atoms with van der Waals surface area (Å²) in [5.74, 6) is 1.94. The Labute approximate surface area is 204 Å². The Morgan fingerprint density at radius 3 is 2.56 bits per heavy atom. The van der Waals surface area contributed by atoms with Gasteiger partial charge in [-0.1, -0.05) is 43.8 Å². The molecule has 7 nitrogen and oxygen atoms in total. The molecule has 1 heterocycles. The number of carbonyl (C=O) groups excluding carboxylic acids is 1. The second-order valence-corrected chi connectivity index (χ2v) is 9.95. The van der Waals surface area contributed by atoms with Crippen molar-refractivity contribution < 1.29 is 9.53 Å². The molecule has 1 aliphatic rings. The first-order valence-electron chi connectivity index (χ1n) is 11.4. The molecule has 3 aromatic rings. The van der Waals surface area contributed by atoms with Crippen LogP contribution in [0, 0.1) is 17.2 Å². The van der Waals surface area contributed by atoms with Crippen molar-refractivity contribution in [3.8, 4) is 28.9 Å². The van der Waals surface area contributed by atoms with Crippen LogP contribution in [0.2, 0.25) is 0 Å². The molecule has 1 aromatic heterocycles. The van der Waals surface area contributed by atoms with Crippen LogP contribution in [0.3, 0.4) is 0 Å². The van der Waals surface area contributed by atoms with Crippen LogP contribution in [0.1, 0.15) is 45.1 Å². The third-order valence-electron chi connectivity index (χ3n) is 6.14. The molecule has 0 unspecified atom stereocenters. The van der Waals surface area contributed by atoms with Gasteiger partial charge in [0.1, 0.15) is 11.3 Å². The van der Waals surface area contributed by atoms with E-state index in [9.17, 15) is 10.1 Å². The summed E-state index contributed by atoms with van der Waals surface area (Å²) in [5.41, 5.74) is 2.23. The number of methoxy groups -OCH3 is 1. The van der Waals surface area contributed by atoms with Crippen molar-refractivity contribution in [1.82, 2.24) is 20.1 Å². The molecule has 4 rings (SSSR count). The standard InChI is InChI=1S/C26H29N5O2S/c1-17(2)21-7-5-6-8-22(21)31-24(18-9-13-20(33-4)14-10-18)29-30-25(31)34-15-23(32)28-26(3,16-27)19-11-12-19/h5-10,13-14,17,19H,11-12,15H2,1-4H3,(H,28,32)/t26-/m1/s1. The van der Waals surface area contributed by atoms with E-state index in [2.05, 4.69) is 47.6 Å². The molecule has 1 N–H and O–H groups in total. The molecule has 1 atom stereocenters. The topological polar surface area (TPSA) is 92.8 Å². The second kappa shape index (κ2) is 9.90. The number of aromatic nitrogens is 3. The van der Waals surface area contributed by atoms with Crippen molar-refractivity contribution in [3.63, 3.8) is 0 Å². The Morgan fingerprint density at radius 2 is 1.94 bits per heavy atom. The number of nitrogens with zero attached hydrogens (tertiary/aromatic N) is 4. The molecule has 0 aliphatic heterocycles. The minimum Gasteiger partial charge on any atom is -0.497 e. The van der Waals surface area contributed by atoms with E-state index in [0.29, 0.717) is 16.9 Å². The molecule has 2 aromatic carbocycles. The predicted octanol–water partition coefficient (Wildman–Crippen LogP) is 4.97. The summed E-state index contributed by atoms with van der Waals surface area (Å²) in [4.78, 5) is 12.7. The van der Waals surface area contributed by atoms with Crippen LogP contribution in [-0.2, 0) is 4.79 Å². The maximum Gasteiger partial charge on any atom is 0.231 e. The van der Waals surface area contributed by atoms with E-state index < -0.39 is 5.54 Å². The zero-order valence-electron chi connectivity index (χ0n) is 19.9. The first-order chi connectivity index (χ1) is 16.4. The molecule has 1 amide bonds. The Morgan fingerprint density at radius 1 is 1.24 bits per heavy atom. The summed E-state index contributed by atoms with van der Waals surface area (Å²) in [6.45, 7) is 6.10. The van der Waals surface area contributed by atoms with E-state index in [4.69, 9.17) is 4.74 Å². The molecule has 176 valence electrons. The lowest BCUT2D eigenvalue weighted by Gasteiger charge is -2.22. The van der Waals surface area contributed by atoms with Crippen molar-refractivity contribution in [1.29, 1.82) is 5.26 Å². The Kier molecular flexibility index (Phi) is 6.94. The van der Waals surface area contributed by atoms with Crippen molar-refractivity contribution in [2.45, 2.75) is 50.2 Å². The normalized spacial score (nSPS) is 14.9. The molecule has 34 heavy (non-hydrogen) atoms. The van der Waals surface area contributed by atoms with E-state index in [1.165, 1.54) is 11.8 Å². The van der Waals surface area contributed by atoms with Gasteiger partial charge in [0.15, 0.2) is 11.0 Å². The van der Waals surface area contributed by atoms with Gasteiger partial charge in [0.05, 0.1) is 24.6 Å². The number of ether oxygens (including phenoxy) is 1. The maximum absolute atomic E-state index is 12.7. The van der Waals surface area contributed by atoms with Crippen molar-refractivity contribution in [2.75, 3.05) is 12.9 Å². The van der Waals surface area contributed by atoms with Gasteiger partial charge in [-0.2, -0.15) is 5.26 Å². The number of hydrogen-bond donors (Lipinski definition) is 1. The Balaban J connectivity index is 1.67. The highest BCUT2D eigenvalue weighted by Gasteiger charge is 2.43. The average molecular weight is 476 g/mol. The molecule has 0 saturated heterocycles. The van der Waals surface area contributed by atoms with Crippen molar-refractivity contribution >= 4 is 17.7 Å². The van der Waals surface area contributed by atoms with Crippen LogP contribution in [0.5, 0.6) is 5.75 Å². The number of carbonyl (C=O) groups is 1. The third kappa shape index (κ3) is 4.95. The molecular formula is C26H29N5O2S. The highest BCUT2D eigenvalue weighted by Crippen LogP contribution is 2.39. The molecular weight excluding hydrogens is 446 g/mol. The number of benzene rings is 2. The number of nitriles is 1. The summed E-state index contributed by atoms with van der Waals surface area (Å²) in [6.07, 6.45) is 1.95. The molecule has 1 aliphatic carbocycles. The monoisotopic (exact) mass is 475 g/mol. The maximum atomic E-state index is 12.7. The number of rotatable bonds is 9. The van der Waals surface area contributed by atoms with Crippen LogP contribution in [0.15, 0.2) is 53.7 Å². The fourth-order valence-corrected chi connectivity index (χ4v) is 4.77. The van der Waals surface area contributed by atoms with E-state index in [1.54, 1.807) is 14.0 Å².